The number of hydrogen-bond donors (Lipinski definition) is 9. The second-order valence-electron chi connectivity index (χ2n) is 8.36. The second-order valence-corrected chi connectivity index (χ2v) is 8.36. The number of nitrogens with one attached hydrogen (secondary N) is 3. The van der Waals surface area contributed by atoms with Gasteiger partial charge in [0.15, 0.2) is 0 Å². The summed E-state index contributed by atoms with van der Waals surface area (Å²) in [4.78, 5) is 82.6. The predicted molar refractivity (Wildman–Crippen MR) is 128 cm³/mol. The molecule has 4 atom stereocenters. The third kappa shape index (κ3) is 15.0. The van der Waals surface area contributed by atoms with Gasteiger partial charge >= 0.3 is 11.9 Å². The molecule has 0 spiro atoms. The Morgan fingerprint density at radius 1 is 0.622 bits per heavy atom. The van der Waals surface area contributed by atoms with Crippen LogP contribution < -0.4 is 38.9 Å². The van der Waals surface area contributed by atoms with E-state index in [-0.39, 0.29) is 38.5 Å². The van der Waals surface area contributed by atoms with Gasteiger partial charge < -0.3 is 49.1 Å². The summed E-state index contributed by atoms with van der Waals surface area (Å²) >= 11 is 0. The maximum absolute atomic E-state index is 12.9. The maximum atomic E-state index is 12.9. The first-order chi connectivity index (χ1) is 17.3. The molecule has 0 saturated carbocycles. The minimum absolute atomic E-state index is 0.0503. The molecule has 0 aromatic rings. The number of unbranched alkanes of at least 4 members (excludes halogenated alkanes) is 1. The molecule has 0 aromatic carbocycles. The Kier molecular flexibility index (Phi) is 15.8. The molecule has 37 heavy (non-hydrogen) atoms. The van der Waals surface area contributed by atoms with Crippen LogP contribution >= 0.6 is 0 Å². The van der Waals surface area contributed by atoms with Crippen molar-refractivity contribution in [2.24, 2.45) is 22.9 Å². The van der Waals surface area contributed by atoms with Gasteiger partial charge in [-0.15, -0.1) is 0 Å². The van der Waals surface area contributed by atoms with Crippen LogP contribution in [0.4, 0.5) is 0 Å². The van der Waals surface area contributed by atoms with Gasteiger partial charge in [0.2, 0.25) is 29.5 Å². The zero-order chi connectivity index (χ0) is 28.5. The lowest BCUT2D eigenvalue weighted by molar-refractivity contribution is -0.142. The van der Waals surface area contributed by atoms with Crippen molar-refractivity contribution in [2.45, 2.75) is 82.0 Å². The molecular weight excluding hydrogens is 494 g/mol. The highest BCUT2D eigenvalue weighted by Gasteiger charge is 2.30. The van der Waals surface area contributed by atoms with Crippen molar-refractivity contribution in [3.05, 3.63) is 0 Å². The first-order valence-corrected chi connectivity index (χ1v) is 11.7. The van der Waals surface area contributed by atoms with Gasteiger partial charge in [-0.1, -0.05) is 0 Å². The van der Waals surface area contributed by atoms with Crippen LogP contribution in [0.2, 0.25) is 0 Å². The van der Waals surface area contributed by atoms with Gasteiger partial charge in [0.25, 0.3) is 0 Å². The summed E-state index contributed by atoms with van der Waals surface area (Å²) in [6.07, 6.45) is -0.827. The highest BCUT2D eigenvalue weighted by atomic mass is 16.4. The van der Waals surface area contributed by atoms with Gasteiger partial charge in [-0.2, -0.15) is 0 Å². The molecule has 210 valence electrons. The Morgan fingerprint density at radius 3 is 1.57 bits per heavy atom. The molecule has 0 fully saturated rings. The summed E-state index contributed by atoms with van der Waals surface area (Å²) in [5, 5.41) is 25.3. The Balaban J connectivity index is 5.58. The molecule has 16 nitrogen and oxygen atoms in total. The van der Waals surface area contributed by atoms with E-state index in [0.717, 1.165) is 0 Å². The van der Waals surface area contributed by atoms with Gasteiger partial charge in [0.1, 0.15) is 18.1 Å². The number of rotatable bonds is 20. The van der Waals surface area contributed by atoms with Crippen LogP contribution in [0.15, 0.2) is 0 Å². The molecule has 5 amide bonds. The Hall–Kier alpha value is -3.79. The molecule has 0 radical (unpaired) electrons. The maximum Gasteiger partial charge on any atom is 0.326 e. The lowest BCUT2D eigenvalue weighted by Gasteiger charge is -2.25. The number of aliphatic carboxylic acids is 2. The van der Waals surface area contributed by atoms with Crippen LogP contribution in [0.25, 0.3) is 0 Å². The van der Waals surface area contributed by atoms with Crippen molar-refractivity contribution < 1.29 is 43.8 Å². The number of amides is 5. The zero-order valence-corrected chi connectivity index (χ0v) is 20.4. The molecule has 16 heteroatoms. The lowest BCUT2D eigenvalue weighted by atomic mass is 10.0. The molecule has 0 rings (SSSR count). The first kappa shape index (κ1) is 33.2. The number of nitrogens with two attached hydrogens (primary N) is 4. The van der Waals surface area contributed by atoms with Crippen LogP contribution in [-0.4, -0.2) is 82.4 Å². The van der Waals surface area contributed by atoms with Gasteiger partial charge in [0.05, 0.1) is 6.04 Å². The molecule has 13 N–H and O–H groups in total. The highest BCUT2D eigenvalue weighted by molar-refractivity contribution is 5.94. The zero-order valence-electron chi connectivity index (χ0n) is 20.4. The number of primary amides is 2. The van der Waals surface area contributed by atoms with E-state index in [2.05, 4.69) is 16.0 Å². The third-order valence-corrected chi connectivity index (χ3v) is 5.19. The third-order valence-electron chi connectivity index (χ3n) is 5.19. The van der Waals surface area contributed by atoms with Crippen molar-refractivity contribution >= 4 is 41.5 Å². The summed E-state index contributed by atoms with van der Waals surface area (Å²) in [6.45, 7) is 0.291. The summed E-state index contributed by atoms with van der Waals surface area (Å²) in [5.41, 5.74) is 21.2. The van der Waals surface area contributed by atoms with E-state index in [1.807, 2.05) is 0 Å². The van der Waals surface area contributed by atoms with E-state index in [9.17, 15) is 38.7 Å². The van der Waals surface area contributed by atoms with E-state index in [1.54, 1.807) is 0 Å². The van der Waals surface area contributed by atoms with Crippen LogP contribution in [-0.2, 0) is 33.6 Å². The summed E-state index contributed by atoms with van der Waals surface area (Å²) in [7, 11) is 0. The van der Waals surface area contributed by atoms with Gasteiger partial charge in [0, 0.05) is 19.3 Å². The normalized spacial score (nSPS) is 13.9. The van der Waals surface area contributed by atoms with Crippen molar-refractivity contribution in [3.63, 3.8) is 0 Å². The lowest BCUT2D eigenvalue weighted by Crippen LogP contribution is -2.57. The van der Waals surface area contributed by atoms with Crippen LogP contribution in [0.3, 0.4) is 0 Å². The number of carbonyl (C=O) groups is 7. The molecular formula is C21H37N7O9. The minimum Gasteiger partial charge on any atom is -0.481 e. The smallest absolute Gasteiger partial charge is 0.326 e. The SMILES string of the molecule is NCCCCC(NC(=O)C(CCC(=O)O)NC(=O)C(N)CCC(N)=O)C(=O)NC(CCC(N)=O)C(=O)O. The predicted octanol–water partition coefficient (Wildman–Crippen LogP) is -3.62. The molecule has 0 aliphatic rings. The molecule has 0 aromatic heterocycles. The quantitative estimate of drug-likeness (QED) is 0.0690. The fraction of sp³-hybridized carbons (Fsp3) is 0.667. The molecule has 0 aliphatic carbocycles. The van der Waals surface area contributed by atoms with Gasteiger partial charge in [-0.05, 0) is 45.1 Å². The molecule has 4 unspecified atom stereocenters. The molecule has 0 bridgehead atoms. The van der Waals surface area contributed by atoms with E-state index in [1.165, 1.54) is 0 Å². The standard InChI is InChI=1S/C21H37N7O9/c22-10-2-1-3-12(19(34)28-14(21(36)37)5-8-16(25)30)27-20(35)13(6-9-17(31)32)26-18(33)11(23)4-7-15(24)29/h11-14H,1-10,22-23H2,(H2,24,29)(H2,25,30)(H,26,33)(H,27,35)(H,28,34)(H,31,32)(H,36,37). The minimum atomic E-state index is -1.46. The number of carboxylic acids is 2. The van der Waals surface area contributed by atoms with Crippen molar-refractivity contribution in [3.8, 4) is 0 Å². The molecule has 0 saturated heterocycles. The topological polar surface area (TPSA) is 300 Å². The van der Waals surface area contributed by atoms with Crippen molar-refractivity contribution in [1.82, 2.24) is 16.0 Å². The Bertz CT molecular complexity index is 837. The number of carboxylic acid groups (broad SMARTS) is 2. The summed E-state index contributed by atoms with van der Waals surface area (Å²) in [6, 6.07) is -5.34. The van der Waals surface area contributed by atoms with E-state index < -0.39 is 72.1 Å². The first-order valence-electron chi connectivity index (χ1n) is 11.7. The van der Waals surface area contributed by atoms with E-state index in [4.69, 9.17) is 28.0 Å². The molecule has 0 aliphatic heterocycles. The van der Waals surface area contributed by atoms with E-state index in [0.29, 0.717) is 19.4 Å². The fourth-order valence-corrected chi connectivity index (χ4v) is 3.09. The largest absolute Gasteiger partial charge is 0.481 e. The highest BCUT2D eigenvalue weighted by Crippen LogP contribution is 2.07. The monoisotopic (exact) mass is 531 g/mol. The van der Waals surface area contributed by atoms with Crippen LogP contribution in [0, 0.1) is 0 Å². The average Bonchev–Trinajstić information content (AvgIpc) is 2.81. The van der Waals surface area contributed by atoms with Crippen molar-refractivity contribution in [1.29, 1.82) is 0 Å². The summed E-state index contributed by atoms with van der Waals surface area (Å²) < 4.78 is 0. The Morgan fingerprint density at radius 2 is 1.08 bits per heavy atom. The van der Waals surface area contributed by atoms with E-state index >= 15 is 0 Å². The average molecular weight is 532 g/mol. The Labute approximate surface area is 213 Å². The van der Waals surface area contributed by atoms with Gasteiger partial charge in [-0.25, -0.2) is 4.79 Å². The number of hydrogen-bond acceptors (Lipinski definition) is 9. The molecule has 0 heterocycles. The van der Waals surface area contributed by atoms with Crippen LogP contribution in [0.5, 0.6) is 0 Å². The van der Waals surface area contributed by atoms with Crippen molar-refractivity contribution in [2.75, 3.05) is 6.54 Å². The summed E-state index contributed by atoms with van der Waals surface area (Å²) in [5.74, 6) is -6.74. The van der Waals surface area contributed by atoms with Crippen LogP contribution in [0.1, 0.15) is 57.8 Å². The van der Waals surface area contributed by atoms with Gasteiger partial charge in [-0.3, -0.25) is 28.8 Å². The second kappa shape index (κ2) is 17.6. The number of carbonyl (C=O) groups excluding carboxylic acids is 5. The fourth-order valence-electron chi connectivity index (χ4n) is 3.09.